The van der Waals surface area contributed by atoms with Crippen LogP contribution in [0.15, 0.2) is 28.8 Å². The summed E-state index contributed by atoms with van der Waals surface area (Å²) in [6, 6.07) is 7.17. The molecule has 2 rings (SSSR count). The number of aromatic nitrogens is 1. The lowest BCUT2D eigenvalue weighted by Gasteiger charge is -2.11. The first kappa shape index (κ1) is 11.3. The van der Waals surface area contributed by atoms with E-state index in [-0.39, 0.29) is 0 Å². The highest BCUT2D eigenvalue weighted by molar-refractivity contribution is 5.74. The fourth-order valence-electron chi connectivity index (χ4n) is 1.61. The number of hydrogen-bond acceptors (Lipinski definition) is 5. The maximum atomic E-state index is 5.55. The molecule has 17 heavy (non-hydrogen) atoms. The quantitative estimate of drug-likeness (QED) is 0.879. The van der Waals surface area contributed by atoms with Crippen molar-refractivity contribution in [2.75, 3.05) is 19.5 Å². The van der Waals surface area contributed by atoms with Gasteiger partial charge in [-0.2, -0.15) is 0 Å². The first-order chi connectivity index (χ1) is 8.26. The fraction of sp³-hybridized carbons (Fsp3) is 0.250. The van der Waals surface area contributed by atoms with Gasteiger partial charge < -0.3 is 19.7 Å². The molecule has 5 heteroatoms. The predicted octanol–water partition coefficient (Wildman–Crippen LogP) is 2.33. The third kappa shape index (κ3) is 2.18. The largest absolute Gasteiger partial charge is 0.496 e. The summed E-state index contributed by atoms with van der Waals surface area (Å²) >= 11 is 0. The minimum absolute atomic E-state index is 0.327. The molecular weight excluding hydrogens is 220 g/mol. The zero-order valence-electron chi connectivity index (χ0n) is 9.77. The van der Waals surface area contributed by atoms with E-state index in [1.54, 1.807) is 13.2 Å². The topological polar surface area (TPSA) is 70.5 Å². The third-order valence-corrected chi connectivity index (χ3v) is 2.28. The SMILES string of the molecule is CCOc1cccc(OC)c1-c1cc(N)no1. The van der Waals surface area contributed by atoms with Crippen molar-refractivity contribution in [3.8, 4) is 22.8 Å². The third-order valence-electron chi connectivity index (χ3n) is 2.28. The molecule has 1 aromatic heterocycles. The number of benzene rings is 1. The molecule has 0 aliphatic heterocycles. The number of methoxy groups -OCH3 is 1. The average molecular weight is 234 g/mol. The van der Waals surface area contributed by atoms with Crippen LogP contribution in [-0.4, -0.2) is 18.9 Å². The molecule has 0 bridgehead atoms. The molecule has 0 unspecified atom stereocenters. The summed E-state index contributed by atoms with van der Waals surface area (Å²) in [6.07, 6.45) is 0. The van der Waals surface area contributed by atoms with Crippen LogP contribution in [0.2, 0.25) is 0 Å². The summed E-state index contributed by atoms with van der Waals surface area (Å²) in [5.41, 5.74) is 6.27. The summed E-state index contributed by atoms with van der Waals surface area (Å²) in [4.78, 5) is 0. The van der Waals surface area contributed by atoms with Crippen LogP contribution in [0.4, 0.5) is 5.82 Å². The van der Waals surface area contributed by atoms with Crippen LogP contribution in [-0.2, 0) is 0 Å². The number of nitrogens with two attached hydrogens (primary N) is 1. The lowest BCUT2D eigenvalue weighted by Crippen LogP contribution is -1.96. The zero-order valence-corrected chi connectivity index (χ0v) is 9.77. The number of anilines is 1. The van der Waals surface area contributed by atoms with E-state index >= 15 is 0 Å². The Hall–Kier alpha value is -2.17. The van der Waals surface area contributed by atoms with Crippen LogP contribution in [0, 0.1) is 0 Å². The first-order valence-corrected chi connectivity index (χ1v) is 5.28. The first-order valence-electron chi connectivity index (χ1n) is 5.28. The Morgan fingerprint density at radius 3 is 2.71 bits per heavy atom. The minimum atomic E-state index is 0.327. The van der Waals surface area contributed by atoms with E-state index in [4.69, 9.17) is 19.7 Å². The summed E-state index contributed by atoms with van der Waals surface area (Å²) in [5.74, 6) is 2.20. The molecule has 0 radical (unpaired) electrons. The van der Waals surface area contributed by atoms with Gasteiger partial charge in [0.05, 0.1) is 13.7 Å². The summed E-state index contributed by atoms with van der Waals surface area (Å²) in [6.45, 7) is 2.47. The second-order valence-electron chi connectivity index (χ2n) is 3.38. The Morgan fingerprint density at radius 1 is 1.35 bits per heavy atom. The van der Waals surface area contributed by atoms with Crippen LogP contribution in [0.5, 0.6) is 11.5 Å². The fourth-order valence-corrected chi connectivity index (χ4v) is 1.61. The van der Waals surface area contributed by atoms with Crippen molar-refractivity contribution >= 4 is 5.82 Å². The Balaban J connectivity index is 2.55. The Morgan fingerprint density at radius 2 is 2.12 bits per heavy atom. The zero-order chi connectivity index (χ0) is 12.3. The molecule has 0 saturated heterocycles. The number of ether oxygens (including phenoxy) is 2. The molecule has 1 heterocycles. The van der Waals surface area contributed by atoms with Gasteiger partial charge in [0.25, 0.3) is 0 Å². The van der Waals surface area contributed by atoms with Gasteiger partial charge in [0.15, 0.2) is 11.6 Å². The summed E-state index contributed by atoms with van der Waals surface area (Å²) in [7, 11) is 1.59. The number of hydrogen-bond donors (Lipinski definition) is 1. The van der Waals surface area contributed by atoms with E-state index in [2.05, 4.69) is 5.16 Å². The van der Waals surface area contributed by atoms with Gasteiger partial charge in [-0.15, -0.1) is 0 Å². The van der Waals surface area contributed by atoms with E-state index in [0.717, 1.165) is 5.56 Å². The molecule has 2 N–H and O–H groups in total. The van der Waals surface area contributed by atoms with Gasteiger partial charge in [0.2, 0.25) is 0 Å². The molecule has 0 atom stereocenters. The van der Waals surface area contributed by atoms with Crippen molar-refractivity contribution in [2.45, 2.75) is 6.92 Å². The van der Waals surface area contributed by atoms with Gasteiger partial charge in [0, 0.05) is 6.07 Å². The molecule has 0 aliphatic rings. The lowest BCUT2D eigenvalue weighted by molar-refractivity contribution is 0.335. The van der Waals surface area contributed by atoms with E-state index < -0.39 is 0 Å². The van der Waals surface area contributed by atoms with Crippen molar-refractivity contribution in [3.63, 3.8) is 0 Å². The summed E-state index contributed by atoms with van der Waals surface area (Å²) < 4.78 is 16.0. The van der Waals surface area contributed by atoms with E-state index in [9.17, 15) is 0 Å². The molecular formula is C12H14N2O3. The van der Waals surface area contributed by atoms with Crippen LogP contribution >= 0.6 is 0 Å². The van der Waals surface area contributed by atoms with Gasteiger partial charge in [-0.1, -0.05) is 11.2 Å². The molecule has 1 aromatic carbocycles. The molecule has 5 nitrogen and oxygen atoms in total. The van der Waals surface area contributed by atoms with E-state index in [1.807, 2.05) is 25.1 Å². The van der Waals surface area contributed by atoms with Crippen LogP contribution in [0.1, 0.15) is 6.92 Å². The molecule has 2 aromatic rings. The average Bonchev–Trinajstić information content (AvgIpc) is 2.75. The van der Waals surface area contributed by atoms with Crippen LogP contribution in [0.3, 0.4) is 0 Å². The van der Waals surface area contributed by atoms with Crippen molar-refractivity contribution < 1.29 is 14.0 Å². The normalized spacial score (nSPS) is 10.2. The standard InChI is InChI=1S/C12H14N2O3/c1-3-16-9-6-4-5-8(15-2)12(9)10-7-11(13)14-17-10/h4-7H,3H2,1-2H3,(H2,13,14). The number of nitrogens with zero attached hydrogens (tertiary/aromatic N) is 1. The monoisotopic (exact) mass is 234 g/mol. The van der Waals surface area contributed by atoms with Crippen molar-refractivity contribution in [2.24, 2.45) is 0 Å². The Labute approximate surface area is 99.1 Å². The minimum Gasteiger partial charge on any atom is -0.496 e. The molecule has 0 spiro atoms. The summed E-state index contributed by atoms with van der Waals surface area (Å²) in [5, 5.41) is 3.66. The molecule has 0 aliphatic carbocycles. The van der Waals surface area contributed by atoms with E-state index in [0.29, 0.717) is 29.7 Å². The van der Waals surface area contributed by atoms with Crippen LogP contribution < -0.4 is 15.2 Å². The second kappa shape index (κ2) is 4.78. The molecule has 90 valence electrons. The highest BCUT2D eigenvalue weighted by Gasteiger charge is 2.16. The predicted molar refractivity (Wildman–Crippen MR) is 64.1 cm³/mol. The van der Waals surface area contributed by atoms with E-state index in [1.165, 1.54) is 0 Å². The van der Waals surface area contributed by atoms with Gasteiger partial charge in [0.1, 0.15) is 17.1 Å². The van der Waals surface area contributed by atoms with Crippen LogP contribution in [0.25, 0.3) is 11.3 Å². The lowest BCUT2D eigenvalue weighted by atomic mass is 10.1. The number of nitrogen functional groups attached to an aromatic ring is 1. The number of rotatable bonds is 4. The second-order valence-corrected chi connectivity index (χ2v) is 3.38. The smallest absolute Gasteiger partial charge is 0.176 e. The Bertz CT molecular complexity index is 508. The van der Waals surface area contributed by atoms with Crippen molar-refractivity contribution in [1.82, 2.24) is 5.16 Å². The van der Waals surface area contributed by atoms with Gasteiger partial charge in [-0.3, -0.25) is 0 Å². The van der Waals surface area contributed by atoms with Crippen molar-refractivity contribution in [3.05, 3.63) is 24.3 Å². The molecule has 0 amide bonds. The maximum absolute atomic E-state index is 5.55. The molecule has 0 fully saturated rings. The highest BCUT2D eigenvalue weighted by atomic mass is 16.5. The van der Waals surface area contributed by atoms with Gasteiger partial charge in [-0.05, 0) is 19.1 Å². The highest BCUT2D eigenvalue weighted by Crippen LogP contribution is 2.38. The molecule has 0 saturated carbocycles. The Kier molecular flexibility index (Phi) is 3.18. The van der Waals surface area contributed by atoms with Crippen molar-refractivity contribution in [1.29, 1.82) is 0 Å². The van der Waals surface area contributed by atoms with Gasteiger partial charge >= 0.3 is 0 Å². The van der Waals surface area contributed by atoms with Gasteiger partial charge in [-0.25, -0.2) is 0 Å². The maximum Gasteiger partial charge on any atom is 0.176 e.